The van der Waals surface area contributed by atoms with Gasteiger partial charge in [-0.05, 0) is 48.7 Å². The summed E-state index contributed by atoms with van der Waals surface area (Å²) in [5.41, 5.74) is 4.50. The maximum atomic E-state index is 13.4. The molecule has 6 nitrogen and oxygen atoms in total. The van der Waals surface area contributed by atoms with Crippen LogP contribution in [-0.4, -0.2) is 28.6 Å². The summed E-state index contributed by atoms with van der Waals surface area (Å²) >= 11 is 0. The van der Waals surface area contributed by atoms with Crippen molar-refractivity contribution >= 4 is 23.3 Å². The number of fused-ring (bicyclic) bond motifs is 4. The lowest BCUT2D eigenvalue weighted by atomic mass is 9.72. The Kier molecular flexibility index (Phi) is 3.32. The van der Waals surface area contributed by atoms with Gasteiger partial charge in [0.2, 0.25) is 11.8 Å². The Labute approximate surface area is 162 Å². The van der Waals surface area contributed by atoms with E-state index < -0.39 is 5.41 Å². The molecule has 0 saturated carbocycles. The van der Waals surface area contributed by atoms with Gasteiger partial charge in [-0.2, -0.15) is 5.10 Å². The molecule has 140 valence electrons. The van der Waals surface area contributed by atoms with E-state index in [1.165, 1.54) is 0 Å². The van der Waals surface area contributed by atoms with Gasteiger partial charge in [0.25, 0.3) is 0 Å². The lowest BCUT2D eigenvalue weighted by molar-refractivity contribution is -0.126. The van der Waals surface area contributed by atoms with Crippen molar-refractivity contribution in [2.45, 2.75) is 25.7 Å². The molecular formula is C22H20N4O2. The average Bonchev–Trinajstić information content (AvgIpc) is 3.16. The van der Waals surface area contributed by atoms with Gasteiger partial charge in [-0.15, -0.1) is 0 Å². The lowest BCUT2D eigenvalue weighted by Crippen LogP contribution is -2.45. The van der Waals surface area contributed by atoms with E-state index in [1.54, 1.807) is 22.8 Å². The zero-order chi connectivity index (χ0) is 19.6. The number of aromatic nitrogens is 2. The largest absolute Gasteiger partial charge is 0.314 e. The van der Waals surface area contributed by atoms with Crippen LogP contribution in [0.25, 0.3) is 5.69 Å². The number of nitrogens with one attached hydrogen (secondary N) is 1. The number of hydrogen-bond acceptors (Lipinski definition) is 3. The van der Waals surface area contributed by atoms with Crippen molar-refractivity contribution in [3.05, 3.63) is 70.9 Å². The van der Waals surface area contributed by atoms with E-state index in [4.69, 9.17) is 0 Å². The second-order valence-corrected chi connectivity index (χ2v) is 7.68. The molecule has 3 heterocycles. The van der Waals surface area contributed by atoms with Crippen LogP contribution in [0.4, 0.5) is 11.5 Å². The molecule has 2 aliphatic heterocycles. The summed E-state index contributed by atoms with van der Waals surface area (Å²) in [6.07, 6.45) is 1.80. The smallest absolute Gasteiger partial charge is 0.242 e. The Bertz CT molecular complexity index is 1140. The van der Waals surface area contributed by atoms with Gasteiger partial charge in [-0.25, -0.2) is 4.68 Å². The minimum absolute atomic E-state index is 0.0821. The maximum absolute atomic E-state index is 13.4. The number of rotatable bonds is 1. The molecule has 0 aliphatic carbocycles. The molecule has 2 amide bonds. The summed E-state index contributed by atoms with van der Waals surface area (Å²) in [4.78, 5) is 27.8. The van der Waals surface area contributed by atoms with Crippen molar-refractivity contribution in [1.29, 1.82) is 0 Å². The van der Waals surface area contributed by atoms with Crippen molar-refractivity contribution in [3.8, 4) is 5.69 Å². The number of hydrogen-bond donors (Lipinski definition) is 1. The van der Waals surface area contributed by atoms with Crippen LogP contribution >= 0.6 is 0 Å². The summed E-state index contributed by atoms with van der Waals surface area (Å²) in [5, 5.41) is 7.52. The van der Waals surface area contributed by atoms with Crippen LogP contribution in [0, 0.1) is 13.8 Å². The first-order valence-electron chi connectivity index (χ1n) is 9.26. The van der Waals surface area contributed by atoms with Gasteiger partial charge >= 0.3 is 0 Å². The Hall–Kier alpha value is -3.41. The molecule has 0 unspecified atom stereocenters. The van der Waals surface area contributed by atoms with E-state index >= 15 is 0 Å². The predicted octanol–water partition coefficient (Wildman–Crippen LogP) is 3.09. The molecule has 2 aromatic carbocycles. The van der Waals surface area contributed by atoms with Gasteiger partial charge in [0, 0.05) is 24.7 Å². The van der Waals surface area contributed by atoms with Gasteiger partial charge in [0.05, 0.1) is 11.9 Å². The van der Waals surface area contributed by atoms with Gasteiger partial charge in [0.1, 0.15) is 11.2 Å². The zero-order valence-electron chi connectivity index (χ0n) is 16.0. The molecule has 0 radical (unpaired) electrons. The first kappa shape index (κ1) is 16.7. The van der Waals surface area contributed by atoms with Crippen LogP contribution in [0.3, 0.4) is 0 Å². The van der Waals surface area contributed by atoms with Crippen LogP contribution in [-0.2, 0) is 15.0 Å². The average molecular weight is 372 g/mol. The maximum Gasteiger partial charge on any atom is 0.242 e. The monoisotopic (exact) mass is 372 g/mol. The fourth-order valence-corrected chi connectivity index (χ4v) is 4.63. The Morgan fingerprint density at radius 1 is 1.04 bits per heavy atom. The molecule has 3 aromatic rings. The number of nitrogens with zero attached hydrogens (tertiary/aromatic N) is 3. The quantitative estimate of drug-likeness (QED) is 0.714. The molecule has 6 heteroatoms. The zero-order valence-corrected chi connectivity index (χ0v) is 16.0. The van der Waals surface area contributed by atoms with Crippen LogP contribution in [0.5, 0.6) is 0 Å². The molecule has 1 N–H and O–H groups in total. The minimum Gasteiger partial charge on any atom is -0.314 e. The molecule has 1 aromatic heterocycles. The predicted molar refractivity (Wildman–Crippen MR) is 107 cm³/mol. The first-order valence-corrected chi connectivity index (χ1v) is 9.26. The molecule has 0 saturated heterocycles. The summed E-state index contributed by atoms with van der Waals surface area (Å²) < 4.78 is 1.72. The summed E-state index contributed by atoms with van der Waals surface area (Å²) in [7, 11) is 1.76. The summed E-state index contributed by atoms with van der Waals surface area (Å²) in [6.45, 7) is 4.05. The third-order valence-electron chi connectivity index (χ3n) is 5.76. The molecule has 2 aliphatic rings. The SMILES string of the molecule is Cc1cc(C)cc(-n2ncc3c2NC(=O)C[C@@]32C(=O)N(C)c3ccccc32)c1. The van der Waals surface area contributed by atoms with Crippen molar-refractivity contribution in [2.75, 3.05) is 17.3 Å². The molecule has 28 heavy (non-hydrogen) atoms. The van der Waals surface area contributed by atoms with Gasteiger partial charge in [0.15, 0.2) is 0 Å². The topological polar surface area (TPSA) is 67.2 Å². The molecule has 5 rings (SSSR count). The molecule has 0 fully saturated rings. The number of anilines is 2. The van der Waals surface area contributed by atoms with E-state index in [2.05, 4.69) is 16.5 Å². The Morgan fingerprint density at radius 2 is 1.75 bits per heavy atom. The third-order valence-corrected chi connectivity index (χ3v) is 5.76. The standard InChI is InChI=1S/C22H20N4O2/c1-13-8-14(2)10-15(9-13)26-20-17(12-23-26)22(11-19(27)24-20)16-6-4-5-7-18(16)25(3)21(22)28/h4-10,12H,11H2,1-3H3,(H,24,27)/t22-/m0/s1. The van der Waals surface area contributed by atoms with Gasteiger partial charge in [-0.3, -0.25) is 9.59 Å². The van der Waals surface area contributed by atoms with E-state index in [-0.39, 0.29) is 18.2 Å². The molecule has 1 atom stereocenters. The van der Waals surface area contributed by atoms with E-state index in [1.807, 2.05) is 50.2 Å². The fourth-order valence-electron chi connectivity index (χ4n) is 4.63. The number of benzene rings is 2. The minimum atomic E-state index is -1.03. The van der Waals surface area contributed by atoms with Crippen molar-refractivity contribution in [1.82, 2.24) is 9.78 Å². The molecular weight excluding hydrogens is 352 g/mol. The number of carbonyl (C=O) groups is 2. The highest BCUT2D eigenvalue weighted by atomic mass is 16.2. The highest BCUT2D eigenvalue weighted by Gasteiger charge is 2.56. The Balaban J connectivity index is 1.78. The van der Waals surface area contributed by atoms with Crippen molar-refractivity contribution in [3.63, 3.8) is 0 Å². The number of amides is 2. The van der Waals surface area contributed by atoms with E-state index in [0.29, 0.717) is 5.82 Å². The number of likely N-dealkylation sites (N-methyl/N-ethyl adjacent to an activating group) is 1. The summed E-state index contributed by atoms with van der Waals surface area (Å²) in [5.74, 6) is 0.293. The molecule has 0 bridgehead atoms. The van der Waals surface area contributed by atoms with Crippen molar-refractivity contribution < 1.29 is 9.59 Å². The van der Waals surface area contributed by atoms with Gasteiger partial charge < -0.3 is 10.2 Å². The highest BCUT2D eigenvalue weighted by molar-refractivity contribution is 6.15. The van der Waals surface area contributed by atoms with Crippen LogP contribution in [0.15, 0.2) is 48.7 Å². The third kappa shape index (κ3) is 2.05. The normalized spacial score (nSPS) is 20.3. The summed E-state index contributed by atoms with van der Waals surface area (Å²) in [6, 6.07) is 13.8. The van der Waals surface area contributed by atoms with E-state index in [9.17, 15) is 9.59 Å². The highest BCUT2D eigenvalue weighted by Crippen LogP contribution is 2.51. The second-order valence-electron chi connectivity index (χ2n) is 7.68. The van der Waals surface area contributed by atoms with E-state index in [0.717, 1.165) is 33.6 Å². The van der Waals surface area contributed by atoms with Crippen LogP contribution in [0.2, 0.25) is 0 Å². The van der Waals surface area contributed by atoms with Crippen molar-refractivity contribution in [2.24, 2.45) is 0 Å². The molecule has 1 spiro atoms. The van der Waals surface area contributed by atoms with Gasteiger partial charge in [-0.1, -0.05) is 24.3 Å². The fraction of sp³-hybridized carbons (Fsp3) is 0.227. The first-order chi connectivity index (χ1) is 13.4. The Morgan fingerprint density at radius 3 is 2.50 bits per heavy atom. The lowest BCUT2D eigenvalue weighted by Gasteiger charge is -2.32. The number of carbonyl (C=O) groups excluding carboxylic acids is 2. The van der Waals surface area contributed by atoms with Crippen LogP contribution in [0.1, 0.15) is 28.7 Å². The number of para-hydroxylation sites is 1. The van der Waals surface area contributed by atoms with Crippen LogP contribution < -0.4 is 10.2 Å². The second kappa shape index (κ2) is 5.55. The number of aryl methyl sites for hydroxylation is 2.